The Kier molecular flexibility index (Phi) is 6.17. The molecule has 3 rings (SSSR count). The van der Waals surface area contributed by atoms with Gasteiger partial charge in [0.2, 0.25) is 5.91 Å². The van der Waals surface area contributed by atoms with Gasteiger partial charge in [-0.25, -0.2) is 0 Å². The molecule has 0 fully saturated rings. The minimum absolute atomic E-state index is 0.0814. The van der Waals surface area contributed by atoms with Crippen molar-refractivity contribution in [3.8, 4) is 0 Å². The van der Waals surface area contributed by atoms with Crippen LogP contribution in [0.2, 0.25) is 0 Å². The van der Waals surface area contributed by atoms with Crippen LogP contribution in [0.4, 0.5) is 0 Å². The number of fused-ring (bicyclic) bond motifs is 1. The Morgan fingerprint density at radius 3 is 2.88 bits per heavy atom. The lowest BCUT2D eigenvalue weighted by Crippen LogP contribution is -2.22. The van der Waals surface area contributed by atoms with Gasteiger partial charge in [-0.1, -0.05) is 18.2 Å². The molecule has 0 aliphatic rings. The first-order valence-electron chi connectivity index (χ1n) is 8.15. The van der Waals surface area contributed by atoms with Crippen molar-refractivity contribution in [2.24, 2.45) is 0 Å². The monoisotopic (exact) mass is 349 g/mol. The van der Waals surface area contributed by atoms with E-state index in [9.17, 15) is 4.79 Å². The zero-order valence-corrected chi connectivity index (χ0v) is 14.6. The lowest BCUT2D eigenvalue weighted by molar-refractivity contribution is -0.116. The van der Waals surface area contributed by atoms with E-state index in [0.717, 1.165) is 28.6 Å². The molecule has 0 atom stereocenters. The van der Waals surface area contributed by atoms with E-state index in [1.54, 1.807) is 42.5 Å². The normalized spacial score (nSPS) is 11.0. The zero-order valence-electron chi connectivity index (χ0n) is 13.8. The number of carbonyl (C=O) groups excluding carboxylic acids is 1. The molecule has 0 spiro atoms. The maximum Gasteiger partial charge on any atom is 0.244 e. The summed E-state index contributed by atoms with van der Waals surface area (Å²) in [5, 5.41) is 3.97. The summed E-state index contributed by atoms with van der Waals surface area (Å²) in [7, 11) is 0. The fraction of sp³-hybridized carbons (Fsp3) is 0.150. The molecule has 0 unspecified atom stereocenters. The minimum atomic E-state index is -0.0814. The van der Waals surface area contributed by atoms with Gasteiger partial charge in [-0.3, -0.25) is 14.8 Å². The van der Waals surface area contributed by atoms with Gasteiger partial charge in [0.25, 0.3) is 0 Å². The second-order valence-corrected chi connectivity index (χ2v) is 6.64. The number of nitrogens with zero attached hydrogens (tertiary/aromatic N) is 2. The van der Waals surface area contributed by atoms with Crippen LogP contribution in [0.15, 0.2) is 72.0 Å². The van der Waals surface area contributed by atoms with E-state index in [4.69, 9.17) is 0 Å². The minimum Gasteiger partial charge on any atom is -0.353 e. The van der Waals surface area contributed by atoms with Crippen molar-refractivity contribution in [3.05, 3.63) is 72.7 Å². The highest BCUT2D eigenvalue weighted by Gasteiger charge is 1.98. The van der Waals surface area contributed by atoms with Crippen molar-refractivity contribution in [2.75, 3.05) is 12.3 Å². The predicted octanol–water partition coefficient (Wildman–Crippen LogP) is 3.94. The number of hydrogen-bond acceptors (Lipinski definition) is 4. The Labute approximate surface area is 151 Å². The maximum absolute atomic E-state index is 11.9. The third-order valence-electron chi connectivity index (χ3n) is 3.58. The molecule has 2 aromatic heterocycles. The Morgan fingerprint density at radius 1 is 1.16 bits per heavy atom. The molecular weight excluding hydrogens is 330 g/mol. The fourth-order valence-corrected chi connectivity index (χ4v) is 3.16. The van der Waals surface area contributed by atoms with Gasteiger partial charge in [0, 0.05) is 41.5 Å². The molecule has 2 heterocycles. The molecule has 0 radical (unpaired) electrons. The number of para-hydroxylation sites is 1. The summed E-state index contributed by atoms with van der Waals surface area (Å²) in [6.45, 7) is 0.664. The van der Waals surface area contributed by atoms with Gasteiger partial charge in [0.15, 0.2) is 0 Å². The summed E-state index contributed by atoms with van der Waals surface area (Å²) in [5.41, 5.74) is 1.87. The molecule has 5 heteroatoms. The third kappa shape index (κ3) is 5.43. The van der Waals surface area contributed by atoms with E-state index < -0.39 is 0 Å². The van der Waals surface area contributed by atoms with Crippen LogP contribution in [0, 0.1) is 0 Å². The van der Waals surface area contributed by atoms with E-state index >= 15 is 0 Å². The molecule has 0 aliphatic carbocycles. The first-order valence-corrected chi connectivity index (χ1v) is 9.13. The Bertz CT molecular complexity index is 865. The van der Waals surface area contributed by atoms with Crippen LogP contribution in [-0.4, -0.2) is 28.2 Å². The Hall–Kier alpha value is -2.66. The van der Waals surface area contributed by atoms with E-state index in [1.165, 1.54) is 4.90 Å². The van der Waals surface area contributed by atoms with Crippen LogP contribution in [0.3, 0.4) is 0 Å². The number of nitrogens with one attached hydrogen (secondary N) is 1. The highest BCUT2D eigenvalue weighted by Crippen LogP contribution is 2.16. The second kappa shape index (κ2) is 8.99. The van der Waals surface area contributed by atoms with Crippen molar-refractivity contribution in [3.63, 3.8) is 0 Å². The molecule has 1 N–H and O–H groups in total. The molecule has 25 heavy (non-hydrogen) atoms. The standard InChI is InChI=1S/C20H19N3OS/c24-20(22-10-3-13-25-18-8-11-21-12-9-18)7-6-16-14-17-4-1-2-5-19(17)23-15-16/h1-2,4-9,11-12,14-15H,3,10,13H2,(H,22,24). The van der Waals surface area contributed by atoms with Crippen molar-refractivity contribution in [1.82, 2.24) is 15.3 Å². The summed E-state index contributed by atoms with van der Waals surface area (Å²) in [4.78, 5) is 21.5. The molecular formula is C20H19N3OS. The average molecular weight is 349 g/mol. The molecule has 0 aliphatic heterocycles. The largest absolute Gasteiger partial charge is 0.353 e. The van der Waals surface area contributed by atoms with Gasteiger partial charge in [-0.05, 0) is 48.1 Å². The van der Waals surface area contributed by atoms with Gasteiger partial charge in [-0.15, -0.1) is 11.8 Å². The Balaban J connectivity index is 1.41. The van der Waals surface area contributed by atoms with Gasteiger partial charge < -0.3 is 5.32 Å². The van der Waals surface area contributed by atoms with Gasteiger partial charge in [0.1, 0.15) is 0 Å². The molecule has 0 saturated heterocycles. The summed E-state index contributed by atoms with van der Waals surface area (Å²) >= 11 is 1.77. The lowest BCUT2D eigenvalue weighted by Gasteiger charge is -2.03. The van der Waals surface area contributed by atoms with E-state index in [1.807, 2.05) is 42.5 Å². The quantitative estimate of drug-likeness (QED) is 0.399. The highest BCUT2D eigenvalue weighted by molar-refractivity contribution is 7.99. The van der Waals surface area contributed by atoms with Crippen molar-refractivity contribution in [1.29, 1.82) is 0 Å². The number of aromatic nitrogens is 2. The number of rotatable bonds is 7. The van der Waals surface area contributed by atoms with Crippen LogP contribution in [0.5, 0.6) is 0 Å². The van der Waals surface area contributed by atoms with Crippen LogP contribution in [-0.2, 0) is 4.79 Å². The molecule has 1 amide bonds. The summed E-state index contributed by atoms with van der Waals surface area (Å²) in [6.07, 6.45) is 9.62. The number of carbonyl (C=O) groups is 1. The molecule has 1 aromatic carbocycles. The number of amides is 1. The van der Waals surface area contributed by atoms with Crippen LogP contribution in [0.25, 0.3) is 17.0 Å². The van der Waals surface area contributed by atoms with Gasteiger partial charge in [0.05, 0.1) is 5.52 Å². The number of thioether (sulfide) groups is 1. The van der Waals surface area contributed by atoms with Crippen LogP contribution in [0.1, 0.15) is 12.0 Å². The van der Waals surface area contributed by atoms with Crippen molar-refractivity contribution < 1.29 is 4.79 Å². The van der Waals surface area contributed by atoms with E-state index in [-0.39, 0.29) is 5.91 Å². The summed E-state index contributed by atoms with van der Waals surface area (Å²) < 4.78 is 0. The summed E-state index contributed by atoms with van der Waals surface area (Å²) in [5.74, 6) is 0.879. The first kappa shape index (κ1) is 17.2. The second-order valence-electron chi connectivity index (χ2n) is 5.47. The topological polar surface area (TPSA) is 54.9 Å². The molecule has 0 saturated carbocycles. The SMILES string of the molecule is O=C(C=Cc1cnc2ccccc2c1)NCCCSc1ccncc1. The molecule has 3 aromatic rings. The van der Waals surface area contributed by atoms with Crippen molar-refractivity contribution in [2.45, 2.75) is 11.3 Å². The number of hydrogen-bond donors (Lipinski definition) is 1. The third-order valence-corrected chi connectivity index (χ3v) is 4.68. The fourth-order valence-electron chi connectivity index (χ4n) is 2.32. The highest BCUT2D eigenvalue weighted by atomic mass is 32.2. The lowest BCUT2D eigenvalue weighted by atomic mass is 10.1. The maximum atomic E-state index is 11.9. The predicted molar refractivity (Wildman–Crippen MR) is 103 cm³/mol. The zero-order chi connectivity index (χ0) is 17.3. The van der Waals surface area contributed by atoms with Gasteiger partial charge in [-0.2, -0.15) is 0 Å². The van der Waals surface area contributed by atoms with Gasteiger partial charge >= 0.3 is 0 Å². The first-order chi connectivity index (χ1) is 12.3. The molecule has 4 nitrogen and oxygen atoms in total. The molecule has 126 valence electrons. The van der Waals surface area contributed by atoms with E-state index in [2.05, 4.69) is 15.3 Å². The number of pyridine rings is 2. The number of benzene rings is 1. The summed E-state index contributed by atoms with van der Waals surface area (Å²) in [6, 6.07) is 13.9. The Morgan fingerprint density at radius 2 is 2.00 bits per heavy atom. The van der Waals surface area contributed by atoms with Crippen LogP contribution < -0.4 is 5.32 Å². The van der Waals surface area contributed by atoms with Crippen molar-refractivity contribution >= 4 is 34.6 Å². The smallest absolute Gasteiger partial charge is 0.244 e. The van der Waals surface area contributed by atoms with Crippen LogP contribution >= 0.6 is 11.8 Å². The average Bonchev–Trinajstić information content (AvgIpc) is 2.67. The molecule has 0 bridgehead atoms. The van der Waals surface area contributed by atoms with E-state index in [0.29, 0.717) is 6.54 Å².